The number of benzene rings is 10. The van der Waals surface area contributed by atoms with Crippen molar-refractivity contribution < 1.29 is 24.1 Å². The molecule has 0 atom stereocenters. The fourth-order valence-electron chi connectivity index (χ4n) is 13.0. The third-order valence-corrected chi connectivity index (χ3v) is 18.3. The number of anilines is 6. The number of fused-ring (bicyclic) bond motifs is 9. The van der Waals surface area contributed by atoms with E-state index < -0.39 is 5.41 Å². The number of para-hydroxylation sites is 5. The molecular formula is C79H67N5OPt-2. The van der Waals surface area contributed by atoms with Crippen LogP contribution in [0.1, 0.15) is 101 Å². The third-order valence-electron chi connectivity index (χ3n) is 17.3. The Morgan fingerprint density at radius 3 is 1.48 bits per heavy atom. The SMILES string of the molecule is CC(C)(C)c1ccc(N2c3ccccc3C3(c4ccc(Oc5[c-]c(-n6[c](=[Pt])n(-c7c(-c8ccccc8)cc(C(C)(C)C)cc7-c7ccccc7)c7ccccc76)ccc5)[c-]c4N(c4cc(C(C)(C)C)ccn4)c4ccccc43)c3ccccc32)cc1. The molecule has 426 valence electrons. The predicted octanol–water partition coefficient (Wildman–Crippen LogP) is 20.5. The van der Waals surface area contributed by atoms with Gasteiger partial charge in [0.25, 0.3) is 0 Å². The Morgan fingerprint density at radius 1 is 0.419 bits per heavy atom. The normalized spacial score (nSPS) is 13.5. The van der Waals surface area contributed by atoms with Crippen LogP contribution in [0.5, 0.6) is 11.5 Å². The maximum atomic E-state index is 7.13. The Morgan fingerprint density at radius 2 is 0.919 bits per heavy atom. The summed E-state index contributed by atoms with van der Waals surface area (Å²) >= 11 is 2.52. The summed E-state index contributed by atoms with van der Waals surface area (Å²) in [7, 11) is 0. The van der Waals surface area contributed by atoms with Gasteiger partial charge in [-0.2, -0.15) is 0 Å². The summed E-state index contributed by atoms with van der Waals surface area (Å²) in [5, 5.41) is 0. The van der Waals surface area contributed by atoms with Crippen LogP contribution >= 0.6 is 0 Å². The van der Waals surface area contributed by atoms with E-state index in [2.05, 4.69) is 343 Å². The van der Waals surface area contributed by atoms with E-state index in [1.807, 2.05) is 12.3 Å². The summed E-state index contributed by atoms with van der Waals surface area (Å²) in [6, 6.07) is 93.7. The summed E-state index contributed by atoms with van der Waals surface area (Å²) in [5.74, 6) is 1.93. The molecule has 10 aromatic carbocycles. The van der Waals surface area contributed by atoms with Crippen LogP contribution < -0.4 is 14.5 Å². The van der Waals surface area contributed by atoms with Gasteiger partial charge in [0.05, 0.1) is 0 Å². The topological polar surface area (TPSA) is 38.5 Å². The fraction of sp³-hybridized carbons (Fsp3) is 0.165. The van der Waals surface area contributed by atoms with Crippen LogP contribution in [-0.4, -0.2) is 14.1 Å². The summed E-state index contributed by atoms with van der Waals surface area (Å²) in [6.45, 7) is 20.5. The molecule has 0 bridgehead atoms. The maximum absolute atomic E-state index is 7.13. The number of ether oxygens (including phenoxy) is 1. The first kappa shape index (κ1) is 54.8. The van der Waals surface area contributed by atoms with Gasteiger partial charge in [-0.25, -0.2) is 0 Å². The molecule has 0 unspecified atom stereocenters. The first-order chi connectivity index (χ1) is 41.5. The summed E-state index contributed by atoms with van der Waals surface area (Å²) in [4.78, 5) is 9.94. The van der Waals surface area contributed by atoms with Gasteiger partial charge in [-0.1, -0.05) is 108 Å². The Balaban J connectivity index is 0.948. The van der Waals surface area contributed by atoms with Crippen LogP contribution in [0.15, 0.2) is 243 Å². The van der Waals surface area contributed by atoms with Crippen molar-refractivity contribution in [2.45, 2.75) is 84.0 Å². The van der Waals surface area contributed by atoms with E-state index in [0.29, 0.717) is 11.5 Å². The molecule has 7 heteroatoms. The number of hydrogen-bond acceptors (Lipinski definition) is 4. The average Bonchev–Trinajstić information content (AvgIpc) is 0.814. The van der Waals surface area contributed by atoms with Crippen molar-refractivity contribution in [2.24, 2.45) is 0 Å². The molecule has 2 aliphatic rings. The van der Waals surface area contributed by atoms with Crippen LogP contribution in [0.4, 0.5) is 34.3 Å². The van der Waals surface area contributed by atoms with Crippen molar-refractivity contribution in [1.29, 1.82) is 0 Å². The molecule has 12 aromatic rings. The molecule has 0 radical (unpaired) electrons. The monoisotopic (exact) mass is 1300 g/mol. The molecule has 0 aliphatic carbocycles. The van der Waals surface area contributed by atoms with Crippen molar-refractivity contribution in [3.8, 4) is 45.1 Å². The van der Waals surface area contributed by atoms with Gasteiger partial charge >= 0.3 is 331 Å². The molecule has 2 aromatic heterocycles. The van der Waals surface area contributed by atoms with Gasteiger partial charge in [0, 0.05) is 23.3 Å². The molecule has 0 fully saturated rings. The van der Waals surface area contributed by atoms with E-state index in [0.717, 1.165) is 93.8 Å². The zero-order chi connectivity index (χ0) is 59.3. The summed E-state index contributed by atoms with van der Waals surface area (Å²) < 4.78 is 12.9. The first-order valence-corrected chi connectivity index (χ1v) is 30.8. The molecular weight excluding hydrogens is 1230 g/mol. The Hall–Kier alpha value is -9.09. The summed E-state index contributed by atoms with van der Waals surface area (Å²) in [6.07, 6.45) is 1.94. The van der Waals surface area contributed by atoms with E-state index >= 15 is 0 Å². The number of rotatable bonds is 8. The number of hydrogen-bond donors (Lipinski definition) is 0. The van der Waals surface area contributed by atoms with Crippen LogP contribution in [0, 0.1) is 15.9 Å². The predicted molar refractivity (Wildman–Crippen MR) is 350 cm³/mol. The van der Waals surface area contributed by atoms with Crippen molar-refractivity contribution in [2.75, 3.05) is 9.80 Å². The zero-order valence-electron chi connectivity index (χ0n) is 50.1. The van der Waals surface area contributed by atoms with Crippen LogP contribution in [0.2, 0.25) is 0 Å². The van der Waals surface area contributed by atoms with Gasteiger partial charge in [-0.15, -0.1) is 0 Å². The molecule has 4 heterocycles. The molecule has 14 rings (SSSR count). The van der Waals surface area contributed by atoms with Gasteiger partial charge in [-0.3, -0.25) is 0 Å². The van der Waals surface area contributed by atoms with E-state index in [1.165, 1.54) is 27.8 Å². The number of nitrogens with zero attached hydrogens (tertiary/aromatic N) is 5. The number of imidazole rings is 1. The molecule has 0 saturated carbocycles. The van der Waals surface area contributed by atoms with Crippen molar-refractivity contribution >= 4 is 45.3 Å². The minimum atomic E-state index is -0.782. The number of pyridine rings is 1. The van der Waals surface area contributed by atoms with Gasteiger partial charge in [-0.05, 0) is 52.3 Å². The quantitative estimate of drug-likeness (QED) is 0.142. The Bertz CT molecular complexity index is 4540. The van der Waals surface area contributed by atoms with Gasteiger partial charge < -0.3 is 4.90 Å². The number of aromatic nitrogens is 3. The van der Waals surface area contributed by atoms with Crippen LogP contribution in [0.3, 0.4) is 0 Å². The van der Waals surface area contributed by atoms with E-state index in [9.17, 15) is 0 Å². The third kappa shape index (κ3) is 9.11. The van der Waals surface area contributed by atoms with Gasteiger partial charge in [0.15, 0.2) is 0 Å². The molecule has 0 N–H and O–H groups in total. The van der Waals surface area contributed by atoms with Gasteiger partial charge in [0.2, 0.25) is 0 Å². The van der Waals surface area contributed by atoms with Crippen molar-refractivity contribution in [3.05, 3.63) is 298 Å². The molecule has 2 aliphatic heterocycles. The van der Waals surface area contributed by atoms with Crippen molar-refractivity contribution in [1.82, 2.24) is 14.1 Å². The molecule has 0 saturated heterocycles. The van der Waals surface area contributed by atoms with Crippen molar-refractivity contribution in [3.63, 3.8) is 0 Å². The second-order valence-electron chi connectivity index (χ2n) is 25.8. The minimum absolute atomic E-state index is 0.0174. The smallest absolute Gasteiger partial charge is 0.0618 e. The van der Waals surface area contributed by atoms with E-state index in [4.69, 9.17) is 9.72 Å². The standard InChI is InChI=1S/C79H67N5O.Pt/c1-76(2,3)55-39-41-58(42-40-55)83-68-34-19-16-31-64(68)79(65-32-17-20-35-69(65)83)66-33-18-21-36-70(66)84(74-49-56(45-46-80-74)77(4,5)6)73-51-61(43-44-67(73)79)85-60-30-24-29-59(50-60)81-52-82(72-38-23-22-37-71(72)81)75-62(53-25-12-10-13-26-53)47-57(78(7,8)9)48-63(75)54-27-14-11-15-28-54;/h10-49H,1-9H3;/q-2;. The first-order valence-electron chi connectivity index (χ1n) is 29.7. The van der Waals surface area contributed by atoms with Crippen LogP contribution in [-0.2, 0) is 41.0 Å². The van der Waals surface area contributed by atoms with E-state index in [-0.39, 0.29) is 16.2 Å². The molecule has 0 amide bonds. The second-order valence-corrected chi connectivity index (χ2v) is 26.8. The fourth-order valence-corrected chi connectivity index (χ4v) is 14.1. The second kappa shape index (κ2) is 20.9. The molecule has 1 spiro atoms. The summed E-state index contributed by atoms with van der Waals surface area (Å²) in [5.41, 5.74) is 21.3. The van der Waals surface area contributed by atoms with E-state index in [1.54, 1.807) is 0 Å². The molecule has 86 heavy (non-hydrogen) atoms. The molecule has 6 nitrogen and oxygen atoms in total. The average molecular weight is 1300 g/mol. The Kier molecular flexibility index (Phi) is 13.3. The Labute approximate surface area is 516 Å². The van der Waals surface area contributed by atoms with Gasteiger partial charge in [0.1, 0.15) is 0 Å². The minimum Gasteiger partial charge on any atom is -0.0618 e. The van der Waals surface area contributed by atoms with Crippen LogP contribution in [0.25, 0.3) is 44.7 Å². The zero-order valence-corrected chi connectivity index (χ0v) is 52.3.